The van der Waals surface area contributed by atoms with Crippen LogP contribution in [0.3, 0.4) is 0 Å². The van der Waals surface area contributed by atoms with Gasteiger partial charge in [-0.05, 0) is 38.1 Å². The maximum atomic E-state index is 10.9. The first-order valence-electron chi connectivity index (χ1n) is 7.14. The Morgan fingerprint density at radius 1 is 0.880 bits per heavy atom. The predicted octanol–water partition coefficient (Wildman–Crippen LogP) is 0.145. The minimum atomic E-state index is -4.92. The Kier molecular flexibility index (Phi) is 13.9. The Morgan fingerprint density at radius 2 is 1.24 bits per heavy atom. The molecule has 0 unspecified atom stereocenters. The predicted molar refractivity (Wildman–Crippen MR) is 93.9 cm³/mol. The third kappa shape index (κ3) is 9.90. The molecule has 0 spiro atoms. The zero-order chi connectivity index (χ0) is 18.8. The molecule has 0 aliphatic carbocycles. The molecule has 0 saturated carbocycles. The molecular weight excluding hydrogens is 363 g/mol. The number of carbonyl (C=O) groups is 2. The van der Waals surface area contributed by atoms with Crippen molar-refractivity contribution in [3.8, 4) is 0 Å². The van der Waals surface area contributed by atoms with Crippen LogP contribution in [0.15, 0.2) is 23.1 Å². The van der Waals surface area contributed by atoms with Crippen molar-refractivity contribution >= 4 is 51.6 Å². The van der Waals surface area contributed by atoms with Crippen molar-refractivity contribution in [1.82, 2.24) is 0 Å². The molecule has 11 heteroatoms. The number of rotatable bonds is 8. The summed E-state index contributed by atoms with van der Waals surface area (Å²) in [6.45, 7) is 1.65. The SMILES string of the molecule is NCCCCCCN.O=C(O)c1cccc(C(=O)O)c1S(=O)(=O)O.[NaH]. The molecule has 0 amide bonds. The molecule has 0 bridgehead atoms. The standard InChI is InChI=1S/C8H6O7S.C6H16N2.Na.H/c9-7(10)4-2-1-3-5(8(11)12)6(4)16(13,14)15;7-5-3-1-2-4-6-8;;/h1-3H,(H,9,10)(H,11,12)(H,13,14,15);1-8H2;;. The average Bonchev–Trinajstić information content (AvgIpc) is 2.50. The number of carboxylic acids is 2. The van der Waals surface area contributed by atoms with Crippen LogP contribution in [0.4, 0.5) is 0 Å². The monoisotopic (exact) mass is 386 g/mol. The van der Waals surface area contributed by atoms with Crippen LogP contribution < -0.4 is 11.5 Å². The van der Waals surface area contributed by atoms with Gasteiger partial charge in [-0.2, -0.15) is 8.42 Å². The molecule has 25 heavy (non-hydrogen) atoms. The van der Waals surface area contributed by atoms with Crippen molar-refractivity contribution in [3.05, 3.63) is 29.3 Å². The number of nitrogens with two attached hydrogens (primary N) is 2. The Hall–Kier alpha value is -1.01. The maximum absolute atomic E-state index is 10.9. The van der Waals surface area contributed by atoms with Gasteiger partial charge in [0.15, 0.2) is 0 Å². The van der Waals surface area contributed by atoms with Crippen LogP contribution in [0.2, 0.25) is 0 Å². The first-order valence-corrected chi connectivity index (χ1v) is 8.58. The van der Waals surface area contributed by atoms with Crippen LogP contribution >= 0.6 is 0 Å². The van der Waals surface area contributed by atoms with Gasteiger partial charge >= 0.3 is 41.5 Å². The number of carboxylic acid groups (broad SMARTS) is 2. The number of benzene rings is 1. The van der Waals surface area contributed by atoms with Crippen molar-refractivity contribution < 1.29 is 32.8 Å². The second-order valence-corrected chi connectivity index (χ2v) is 6.12. The van der Waals surface area contributed by atoms with Gasteiger partial charge in [0.05, 0.1) is 11.1 Å². The van der Waals surface area contributed by atoms with Crippen molar-refractivity contribution in [2.24, 2.45) is 11.5 Å². The van der Waals surface area contributed by atoms with Gasteiger partial charge in [0.2, 0.25) is 0 Å². The van der Waals surface area contributed by atoms with Crippen LogP contribution in [-0.2, 0) is 10.1 Å². The Morgan fingerprint density at radius 3 is 1.48 bits per heavy atom. The van der Waals surface area contributed by atoms with E-state index in [-0.39, 0.29) is 29.6 Å². The molecule has 1 aromatic rings. The summed E-state index contributed by atoms with van der Waals surface area (Å²) in [6, 6.07) is 2.84. The molecule has 0 aliphatic heterocycles. The van der Waals surface area contributed by atoms with E-state index >= 15 is 0 Å². The number of aromatic carboxylic acids is 2. The molecular formula is C14H23N2NaO7S. The zero-order valence-electron chi connectivity index (χ0n) is 13.0. The molecule has 1 aromatic carbocycles. The quantitative estimate of drug-likeness (QED) is 0.236. The van der Waals surface area contributed by atoms with Crippen LogP contribution in [0.25, 0.3) is 0 Å². The summed E-state index contributed by atoms with van der Waals surface area (Å²) in [4.78, 5) is 20.2. The van der Waals surface area contributed by atoms with Crippen molar-refractivity contribution in [2.75, 3.05) is 13.1 Å². The van der Waals surface area contributed by atoms with E-state index in [0.29, 0.717) is 0 Å². The van der Waals surface area contributed by atoms with Crippen molar-refractivity contribution in [2.45, 2.75) is 30.6 Å². The van der Waals surface area contributed by atoms with Gasteiger partial charge in [-0.3, -0.25) is 4.55 Å². The molecule has 7 N–H and O–H groups in total. The molecule has 0 saturated heterocycles. The first-order chi connectivity index (χ1) is 11.2. The third-order valence-corrected chi connectivity index (χ3v) is 3.85. The van der Waals surface area contributed by atoms with Gasteiger partial charge < -0.3 is 21.7 Å². The Labute approximate surface area is 168 Å². The Balaban J connectivity index is 0. The molecule has 0 aromatic heterocycles. The van der Waals surface area contributed by atoms with Crippen LogP contribution in [0.1, 0.15) is 46.4 Å². The van der Waals surface area contributed by atoms with E-state index < -0.39 is 38.1 Å². The minimum absolute atomic E-state index is 0. The van der Waals surface area contributed by atoms with Gasteiger partial charge in [-0.15, -0.1) is 0 Å². The zero-order valence-corrected chi connectivity index (χ0v) is 13.8. The third-order valence-electron chi connectivity index (χ3n) is 2.89. The summed E-state index contributed by atoms with van der Waals surface area (Å²) in [5, 5.41) is 17.3. The van der Waals surface area contributed by atoms with Crippen LogP contribution in [0, 0.1) is 0 Å². The van der Waals surface area contributed by atoms with Crippen LogP contribution in [-0.4, -0.2) is 77.8 Å². The molecule has 9 nitrogen and oxygen atoms in total. The summed E-state index contributed by atoms with van der Waals surface area (Å²) in [5.74, 6) is -3.29. The van der Waals surface area contributed by atoms with Gasteiger partial charge in [0.25, 0.3) is 10.1 Å². The van der Waals surface area contributed by atoms with E-state index in [4.69, 9.17) is 26.2 Å². The molecule has 0 radical (unpaired) electrons. The van der Waals surface area contributed by atoms with E-state index in [1.54, 1.807) is 0 Å². The molecule has 0 atom stereocenters. The molecule has 1 rings (SSSR count). The first kappa shape index (κ1) is 26.2. The molecule has 0 fully saturated rings. The summed E-state index contributed by atoms with van der Waals surface area (Å²) in [6.07, 6.45) is 4.79. The van der Waals surface area contributed by atoms with Gasteiger partial charge in [-0.1, -0.05) is 18.9 Å². The number of hydrogen-bond acceptors (Lipinski definition) is 6. The Bertz CT molecular complexity index is 627. The van der Waals surface area contributed by atoms with E-state index in [0.717, 1.165) is 44.1 Å². The fourth-order valence-electron chi connectivity index (χ4n) is 1.79. The second-order valence-electron chi connectivity index (χ2n) is 4.76. The summed E-state index contributed by atoms with van der Waals surface area (Å²) in [5.41, 5.74) is 8.98. The number of hydrogen-bond donors (Lipinski definition) is 5. The summed E-state index contributed by atoms with van der Waals surface area (Å²) in [7, 11) is -4.92. The van der Waals surface area contributed by atoms with E-state index in [2.05, 4.69) is 0 Å². The average molecular weight is 386 g/mol. The van der Waals surface area contributed by atoms with Crippen molar-refractivity contribution in [1.29, 1.82) is 0 Å². The van der Waals surface area contributed by atoms with Crippen molar-refractivity contribution in [3.63, 3.8) is 0 Å². The van der Waals surface area contributed by atoms with E-state index in [1.165, 1.54) is 12.8 Å². The fourth-order valence-corrected chi connectivity index (χ4v) is 2.66. The fraction of sp³-hybridized carbons (Fsp3) is 0.429. The molecule has 0 heterocycles. The van der Waals surface area contributed by atoms with Crippen LogP contribution in [0.5, 0.6) is 0 Å². The second kappa shape index (κ2) is 13.2. The van der Waals surface area contributed by atoms with Gasteiger partial charge in [0.1, 0.15) is 4.90 Å². The van der Waals surface area contributed by atoms with E-state index in [9.17, 15) is 18.0 Å². The van der Waals surface area contributed by atoms with Gasteiger partial charge in [-0.25, -0.2) is 9.59 Å². The van der Waals surface area contributed by atoms with E-state index in [1.807, 2.05) is 0 Å². The number of unbranched alkanes of at least 4 members (excludes halogenated alkanes) is 3. The normalized spacial score (nSPS) is 10.2. The molecule has 138 valence electrons. The summed E-state index contributed by atoms with van der Waals surface area (Å²) >= 11 is 0. The molecule has 0 aliphatic rings. The summed E-state index contributed by atoms with van der Waals surface area (Å²) < 4.78 is 30.6. The topological polar surface area (TPSA) is 181 Å². The van der Waals surface area contributed by atoms with Gasteiger partial charge in [0, 0.05) is 0 Å².